The third-order valence-corrected chi connectivity index (χ3v) is 2.39. The van der Waals surface area contributed by atoms with Gasteiger partial charge in [-0.2, -0.15) is 13.2 Å². The Bertz CT molecular complexity index is 311. The van der Waals surface area contributed by atoms with Crippen LogP contribution in [0.25, 0.3) is 0 Å². The molecule has 0 aliphatic heterocycles. The number of nitrogens with one attached hydrogen (secondary N) is 1. The van der Waals surface area contributed by atoms with Crippen LogP contribution in [-0.4, -0.2) is 23.7 Å². The van der Waals surface area contributed by atoms with Gasteiger partial charge in [0.25, 0.3) is 0 Å². The molecule has 0 spiro atoms. The average Bonchev–Trinajstić information content (AvgIpc) is 2.25. The van der Waals surface area contributed by atoms with Crippen LogP contribution in [-0.2, 0) is 6.42 Å². The number of aromatic nitrogens is 1. The standard InChI is InChI=1S/C12H17F3N2/c1-2-5-17-11(9-12(13,14)15)8-10-3-6-16-7-4-10/h3-4,6-7,11,17H,2,5,8-9H2,1H3. The lowest BCUT2D eigenvalue weighted by Crippen LogP contribution is -2.36. The van der Waals surface area contributed by atoms with E-state index in [1.54, 1.807) is 24.5 Å². The molecule has 2 nitrogen and oxygen atoms in total. The van der Waals surface area contributed by atoms with Gasteiger partial charge in [-0.05, 0) is 37.1 Å². The Hall–Kier alpha value is -1.10. The van der Waals surface area contributed by atoms with Gasteiger partial charge < -0.3 is 5.32 Å². The summed E-state index contributed by atoms with van der Waals surface area (Å²) in [7, 11) is 0. The van der Waals surface area contributed by atoms with Crippen molar-refractivity contribution in [1.29, 1.82) is 0 Å². The number of halogens is 3. The molecule has 0 radical (unpaired) electrons. The van der Waals surface area contributed by atoms with Crippen LogP contribution in [0.1, 0.15) is 25.3 Å². The van der Waals surface area contributed by atoms with E-state index in [0.717, 1.165) is 12.0 Å². The highest BCUT2D eigenvalue weighted by Crippen LogP contribution is 2.23. The Kier molecular flexibility index (Phi) is 5.41. The first-order valence-corrected chi connectivity index (χ1v) is 5.70. The molecule has 0 saturated heterocycles. The van der Waals surface area contributed by atoms with Gasteiger partial charge in [0, 0.05) is 18.4 Å². The van der Waals surface area contributed by atoms with Crippen LogP contribution in [0.2, 0.25) is 0 Å². The van der Waals surface area contributed by atoms with Gasteiger partial charge in [-0.15, -0.1) is 0 Å². The number of hydrogen-bond acceptors (Lipinski definition) is 2. The van der Waals surface area contributed by atoms with Crippen molar-refractivity contribution in [2.45, 2.75) is 38.4 Å². The molecule has 1 aromatic heterocycles. The third kappa shape index (κ3) is 6.26. The summed E-state index contributed by atoms with van der Waals surface area (Å²) in [6.45, 7) is 2.54. The normalized spacial score (nSPS) is 13.6. The summed E-state index contributed by atoms with van der Waals surface area (Å²) in [4.78, 5) is 3.85. The maximum Gasteiger partial charge on any atom is 0.390 e. The minimum Gasteiger partial charge on any atom is -0.313 e. The van der Waals surface area contributed by atoms with E-state index in [0.29, 0.717) is 13.0 Å². The van der Waals surface area contributed by atoms with Crippen molar-refractivity contribution in [1.82, 2.24) is 10.3 Å². The zero-order valence-electron chi connectivity index (χ0n) is 9.80. The molecule has 1 N–H and O–H groups in total. The molecule has 0 aromatic carbocycles. The van der Waals surface area contributed by atoms with E-state index >= 15 is 0 Å². The van der Waals surface area contributed by atoms with E-state index in [1.165, 1.54) is 0 Å². The molecule has 0 bridgehead atoms. The minimum absolute atomic E-state index is 0.377. The van der Waals surface area contributed by atoms with Crippen molar-refractivity contribution in [3.8, 4) is 0 Å². The summed E-state index contributed by atoms with van der Waals surface area (Å²) >= 11 is 0. The Balaban J connectivity index is 2.57. The van der Waals surface area contributed by atoms with E-state index in [2.05, 4.69) is 10.3 Å². The van der Waals surface area contributed by atoms with Crippen LogP contribution in [0, 0.1) is 0 Å². The van der Waals surface area contributed by atoms with Gasteiger partial charge in [0.2, 0.25) is 0 Å². The SMILES string of the molecule is CCCNC(Cc1ccncc1)CC(F)(F)F. The predicted octanol–water partition coefficient (Wildman–Crippen LogP) is 2.94. The summed E-state index contributed by atoms with van der Waals surface area (Å²) < 4.78 is 37.2. The van der Waals surface area contributed by atoms with Gasteiger partial charge in [0.05, 0.1) is 6.42 Å². The fourth-order valence-electron chi connectivity index (χ4n) is 1.65. The molecule has 0 saturated carbocycles. The van der Waals surface area contributed by atoms with Crippen LogP contribution in [0.15, 0.2) is 24.5 Å². The second-order valence-electron chi connectivity index (χ2n) is 4.03. The number of rotatable bonds is 6. The van der Waals surface area contributed by atoms with Crippen LogP contribution in [0.5, 0.6) is 0 Å². The Morgan fingerprint density at radius 1 is 1.29 bits per heavy atom. The first kappa shape index (κ1) is 14.0. The van der Waals surface area contributed by atoms with Crippen molar-refractivity contribution < 1.29 is 13.2 Å². The monoisotopic (exact) mass is 246 g/mol. The number of hydrogen-bond donors (Lipinski definition) is 1. The lowest BCUT2D eigenvalue weighted by Gasteiger charge is -2.20. The van der Waals surface area contributed by atoms with Gasteiger partial charge >= 0.3 is 6.18 Å². The van der Waals surface area contributed by atoms with Gasteiger partial charge in [0.1, 0.15) is 0 Å². The van der Waals surface area contributed by atoms with E-state index in [-0.39, 0.29) is 0 Å². The van der Waals surface area contributed by atoms with Crippen LogP contribution >= 0.6 is 0 Å². The highest BCUT2D eigenvalue weighted by molar-refractivity contribution is 5.11. The van der Waals surface area contributed by atoms with E-state index in [4.69, 9.17) is 0 Å². The maximum absolute atomic E-state index is 12.4. The zero-order chi connectivity index (χ0) is 12.7. The maximum atomic E-state index is 12.4. The molecule has 0 aliphatic rings. The molecule has 96 valence electrons. The highest BCUT2D eigenvalue weighted by atomic mass is 19.4. The summed E-state index contributed by atoms with van der Waals surface area (Å²) in [6, 6.07) is 2.94. The van der Waals surface area contributed by atoms with Crippen molar-refractivity contribution in [2.24, 2.45) is 0 Å². The number of pyridine rings is 1. The van der Waals surface area contributed by atoms with Crippen LogP contribution in [0.3, 0.4) is 0 Å². The second kappa shape index (κ2) is 6.59. The van der Waals surface area contributed by atoms with E-state index < -0.39 is 18.6 Å². The molecule has 1 atom stereocenters. The Morgan fingerprint density at radius 2 is 1.94 bits per heavy atom. The van der Waals surface area contributed by atoms with Crippen molar-refractivity contribution >= 4 is 0 Å². The molecular formula is C12H17F3N2. The van der Waals surface area contributed by atoms with Crippen molar-refractivity contribution in [2.75, 3.05) is 6.54 Å². The summed E-state index contributed by atoms with van der Waals surface area (Å²) in [6.07, 6.45) is -0.528. The lowest BCUT2D eigenvalue weighted by atomic mass is 10.0. The number of alkyl halides is 3. The summed E-state index contributed by atoms with van der Waals surface area (Å²) in [5.74, 6) is 0. The molecule has 1 unspecified atom stereocenters. The zero-order valence-corrected chi connectivity index (χ0v) is 9.80. The van der Waals surface area contributed by atoms with E-state index in [1.807, 2.05) is 6.92 Å². The summed E-state index contributed by atoms with van der Waals surface area (Å²) in [5.41, 5.74) is 0.873. The molecular weight excluding hydrogens is 229 g/mol. The molecule has 1 aromatic rings. The Labute approximate surface area is 99.3 Å². The topological polar surface area (TPSA) is 24.9 Å². The highest BCUT2D eigenvalue weighted by Gasteiger charge is 2.31. The molecule has 17 heavy (non-hydrogen) atoms. The number of nitrogens with zero attached hydrogens (tertiary/aromatic N) is 1. The van der Waals surface area contributed by atoms with Gasteiger partial charge in [0.15, 0.2) is 0 Å². The average molecular weight is 246 g/mol. The Morgan fingerprint density at radius 3 is 2.47 bits per heavy atom. The summed E-state index contributed by atoms with van der Waals surface area (Å²) in [5, 5.41) is 2.93. The molecule has 1 rings (SSSR count). The quantitative estimate of drug-likeness (QED) is 0.834. The van der Waals surface area contributed by atoms with E-state index in [9.17, 15) is 13.2 Å². The minimum atomic E-state index is -4.13. The largest absolute Gasteiger partial charge is 0.390 e. The first-order valence-electron chi connectivity index (χ1n) is 5.70. The lowest BCUT2D eigenvalue weighted by molar-refractivity contribution is -0.139. The van der Waals surface area contributed by atoms with Gasteiger partial charge in [-0.25, -0.2) is 0 Å². The molecule has 1 heterocycles. The second-order valence-corrected chi connectivity index (χ2v) is 4.03. The van der Waals surface area contributed by atoms with Gasteiger partial charge in [-0.3, -0.25) is 4.98 Å². The first-order chi connectivity index (χ1) is 8.01. The van der Waals surface area contributed by atoms with Crippen molar-refractivity contribution in [3.05, 3.63) is 30.1 Å². The van der Waals surface area contributed by atoms with Crippen LogP contribution in [0.4, 0.5) is 13.2 Å². The predicted molar refractivity (Wildman–Crippen MR) is 60.7 cm³/mol. The third-order valence-electron chi connectivity index (χ3n) is 2.39. The van der Waals surface area contributed by atoms with Crippen molar-refractivity contribution in [3.63, 3.8) is 0 Å². The molecule has 0 fully saturated rings. The van der Waals surface area contributed by atoms with Crippen LogP contribution < -0.4 is 5.32 Å². The van der Waals surface area contributed by atoms with Gasteiger partial charge in [-0.1, -0.05) is 6.92 Å². The molecule has 0 amide bonds. The fourth-order valence-corrected chi connectivity index (χ4v) is 1.65. The molecule has 5 heteroatoms. The smallest absolute Gasteiger partial charge is 0.313 e. The molecule has 0 aliphatic carbocycles. The fraction of sp³-hybridized carbons (Fsp3) is 0.583.